The Morgan fingerprint density at radius 3 is 2.49 bits per heavy atom. The monoisotopic (exact) mass is 519 g/mol. The van der Waals surface area contributed by atoms with Crippen molar-refractivity contribution in [1.29, 1.82) is 0 Å². The second-order valence-corrected chi connectivity index (χ2v) is 10.7. The summed E-state index contributed by atoms with van der Waals surface area (Å²) in [7, 11) is 0. The van der Waals surface area contributed by atoms with Gasteiger partial charge in [-0.2, -0.15) is 11.8 Å². The molecule has 188 valence electrons. The zero-order valence-corrected chi connectivity index (χ0v) is 22.4. The van der Waals surface area contributed by atoms with Crippen LogP contribution >= 0.6 is 23.4 Å². The van der Waals surface area contributed by atoms with E-state index >= 15 is 4.39 Å². The van der Waals surface area contributed by atoms with Crippen molar-refractivity contribution in [1.82, 2.24) is 4.57 Å². The summed E-state index contributed by atoms with van der Waals surface area (Å²) in [6, 6.07) is 10.1. The number of esters is 1. The van der Waals surface area contributed by atoms with Crippen molar-refractivity contribution < 1.29 is 23.5 Å². The fourth-order valence-corrected chi connectivity index (χ4v) is 4.93. The summed E-state index contributed by atoms with van der Waals surface area (Å²) in [4.78, 5) is 26.1. The van der Waals surface area contributed by atoms with Gasteiger partial charge in [-0.15, -0.1) is 0 Å². The van der Waals surface area contributed by atoms with Gasteiger partial charge in [0.1, 0.15) is 11.4 Å². The number of halogens is 2. The van der Waals surface area contributed by atoms with Gasteiger partial charge in [-0.25, -0.2) is 9.18 Å². The fourth-order valence-electron chi connectivity index (χ4n) is 4.23. The van der Waals surface area contributed by atoms with Crippen molar-refractivity contribution in [2.24, 2.45) is 5.92 Å². The van der Waals surface area contributed by atoms with Crippen molar-refractivity contribution >= 4 is 46.3 Å². The number of hydrogen-bond acceptors (Lipinski definition) is 5. The molecule has 0 aliphatic rings. The SMILES string of the molecule is CCOC(=O)C(C)C(c1ccc(Cl)cc1F)c1cn(C(=O)OC(C)(C)C)c2c(CSC)cccc12. The summed E-state index contributed by atoms with van der Waals surface area (Å²) in [5.41, 5.74) is 1.85. The van der Waals surface area contributed by atoms with Crippen LogP contribution in [0.5, 0.6) is 0 Å². The van der Waals surface area contributed by atoms with E-state index in [1.807, 2.05) is 24.5 Å². The van der Waals surface area contributed by atoms with Gasteiger partial charge in [0.2, 0.25) is 0 Å². The summed E-state index contributed by atoms with van der Waals surface area (Å²) < 4.78 is 27.7. The number of carbonyl (C=O) groups excluding carboxylic acids is 2. The molecule has 0 N–H and O–H groups in total. The zero-order chi connectivity index (χ0) is 25.9. The lowest BCUT2D eigenvalue weighted by molar-refractivity contribution is -0.147. The van der Waals surface area contributed by atoms with Crippen LogP contribution in [0.3, 0.4) is 0 Å². The van der Waals surface area contributed by atoms with Crippen LogP contribution in [0.4, 0.5) is 9.18 Å². The van der Waals surface area contributed by atoms with E-state index in [4.69, 9.17) is 21.1 Å². The van der Waals surface area contributed by atoms with Crippen LogP contribution in [0.2, 0.25) is 5.02 Å². The molecule has 1 aromatic heterocycles. The van der Waals surface area contributed by atoms with Crippen LogP contribution in [0.1, 0.15) is 57.2 Å². The van der Waals surface area contributed by atoms with Gasteiger partial charge in [-0.1, -0.05) is 42.8 Å². The van der Waals surface area contributed by atoms with E-state index in [1.54, 1.807) is 64.7 Å². The molecule has 8 heteroatoms. The summed E-state index contributed by atoms with van der Waals surface area (Å²) in [6.45, 7) is 9.04. The van der Waals surface area contributed by atoms with E-state index in [1.165, 1.54) is 10.6 Å². The number of para-hydroxylation sites is 1. The first kappa shape index (κ1) is 27.1. The Labute approximate surface area is 214 Å². The minimum absolute atomic E-state index is 0.205. The first-order valence-electron chi connectivity index (χ1n) is 11.4. The third kappa shape index (κ3) is 6.01. The highest BCUT2D eigenvalue weighted by molar-refractivity contribution is 7.97. The van der Waals surface area contributed by atoms with Crippen LogP contribution in [-0.4, -0.2) is 35.1 Å². The average molecular weight is 520 g/mol. The largest absolute Gasteiger partial charge is 0.466 e. The van der Waals surface area contributed by atoms with Crippen LogP contribution in [-0.2, 0) is 20.0 Å². The summed E-state index contributed by atoms with van der Waals surface area (Å²) in [5, 5.41) is 1.00. The fraction of sp³-hybridized carbons (Fsp3) is 0.407. The Kier molecular flexibility index (Phi) is 8.54. The third-order valence-electron chi connectivity index (χ3n) is 5.62. The number of ether oxygens (including phenoxy) is 2. The number of fused-ring (bicyclic) bond motifs is 1. The van der Waals surface area contributed by atoms with E-state index in [-0.39, 0.29) is 11.6 Å². The van der Waals surface area contributed by atoms with E-state index in [0.717, 1.165) is 10.9 Å². The maximum Gasteiger partial charge on any atom is 0.419 e. The highest BCUT2D eigenvalue weighted by Crippen LogP contribution is 2.41. The lowest BCUT2D eigenvalue weighted by Crippen LogP contribution is -2.27. The highest BCUT2D eigenvalue weighted by Gasteiger charge is 2.34. The number of aromatic nitrogens is 1. The topological polar surface area (TPSA) is 57.5 Å². The maximum atomic E-state index is 15.2. The molecule has 0 aliphatic heterocycles. The van der Waals surface area contributed by atoms with E-state index in [9.17, 15) is 9.59 Å². The first-order chi connectivity index (χ1) is 16.5. The van der Waals surface area contributed by atoms with Gasteiger partial charge in [-0.05, 0) is 62.8 Å². The van der Waals surface area contributed by atoms with Gasteiger partial charge >= 0.3 is 12.1 Å². The standard InChI is InChI=1S/C27H31ClFNO4S/c1-7-33-25(31)16(2)23(20-12-11-18(28)13-22(20)29)21-14-30(26(32)34-27(3,4)5)24-17(15-35-6)9-8-10-19(21)24/h8-14,16,23H,7,15H2,1-6H3. The molecule has 3 rings (SSSR count). The van der Waals surface area contributed by atoms with Gasteiger partial charge in [0, 0.05) is 28.3 Å². The molecule has 1 heterocycles. The Morgan fingerprint density at radius 2 is 1.89 bits per heavy atom. The first-order valence-corrected chi connectivity index (χ1v) is 13.2. The van der Waals surface area contributed by atoms with E-state index in [2.05, 4.69) is 0 Å². The highest BCUT2D eigenvalue weighted by atomic mass is 35.5. The predicted molar refractivity (Wildman–Crippen MR) is 140 cm³/mol. The molecule has 3 aromatic rings. The summed E-state index contributed by atoms with van der Waals surface area (Å²) >= 11 is 7.64. The van der Waals surface area contributed by atoms with E-state index < -0.39 is 35.3 Å². The molecule has 0 fully saturated rings. The predicted octanol–water partition coefficient (Wildman–Crippen LogP) is 7.41. The molecule has 0 saturated heterocycles. The molecule has 0 amide bonds. The Bertz CT molecular complexity index is 1230. The normalized spacial score (nSPS) is 13.5. The Morgan fingerprint density at radius 1 is 1.17 bits per heavy atom. The minimum atomic E-state index is -0.729. The van der Waals surface area contributed by atoms with Crippen LogP contribution in [0, 0.1) is 11.7 Å². The Hall–Kier alpha value is -2.51. The van der Waals surface area contributed by atoms with Crippen molar-refractivity contribution in [2.75, 3.05) is 12.9 Å². The molecule has 0 spiro atoms. The number of benzene rings is 2. The van der Waals surface area contributed by atoms with Gasteiger partial charge in [0.25, 0.3) is 0 Å². The number of hydrogen-bond donors (Lipinski definition) is 0. The summed E-state index contributed by atoms with van der Waals surface area (Å²) in [6.07, 6.45) is 3.10. The lowest BCUT2D eigenvalue weighted by Gasteiger charge is -2.24. The number of carbonyl (C=O) groups is 2. The molecular weight excluding hydrogens is 489 g/mol. The molecule has 0 saturated carbocycles. The molecule has 0 aliphatic carbocycles. The molecule has 0 radical (unpaired) electrons. The average Bonchev–Trinajstić information content (AvgIpc) is 3.15. The number of nitrogens with zero attached hydrogens (tertiary/aromatic N) is 1. The maximum absolute atomic E-state index is 15.2. The molecule has 5 nitrogen and oxygen atoms in total. The van der Waals surface area contributed by atoms with Gasteiger partial charge in [0.05, 0.1) is 18.0 Å². The molecular formula is C27H31ClFNO4S. The van der Waals surface area contributed by atoms with E-state index in [0.29, 0.717) is 22.4 Å². The van der Waals surface area contributed by atoms with Crippen molar-refractivity contribution in [2.45, 2.75) is 51.9 Å². The molecule has 2 unspecified atom stereocenters. The lowest BCUT2D eigenvalue weighted by atomic mass is 9.81. The number of rotatable bonds is 7. The van der Waals surface area contributed by atoms with Crippen molar-refractivity contribution in [3.8, 4) is 0 Å². The molecule has 2 aromatic carbocycles. The molecule has 35 heavy (non-hydrogen) atoms. The molecule has 2 atom stereocenters. The Balaban J connectivity index is 2.33. The van der Waals surface area contributed by atoms with Gasteiger partial charge < -0.3 is 9.47 Å². The van der Waals surface area contributed by atoms with Crippen LogP contribution < -0.4 is 0 Å². The molecule has 0 bridgehead atoms. The zero-order valence-electron chi connectivity index (χ0n) is 20.9. The van der Waals surface area contributed by atoms with Gasteiger partial charge in [0.15, 0.2) is 0 Å². The van der Waals surface area contributed by atoms with Crippen LogP contribution in [0.15, 0.2) is 42.6 Å². The summed E-state index contributed by atoms with van der Waals surface area (Å²) in [5.74, 6) is -1.77. The second kappa shape index (κ2) is 11.0. The van der Waals surface area contributed by atoms with Crippen LogP contribution in [0.25, 0.3) is 10.9 Å². The minimum Gasteiger partial charge on any atom is -0.466 e. The van der Waals surface area contributed by atoms with Crippen molar-refractivity contribution in [3.63, 3.8) is 0 Å². The van der Waals surface area contributed by atoms with Crippen molar-refractivity contribution in [3.05, 3.63) is 70.1 Å². The van der Waals surface area contributed by atoms with Gasteiger partial charge in [-0.3, -0.25) is 9.36 Å². The second-order valence-electron chi connectivity index (χ2n) is 9.37. The smallest absolute Gasteiger partial charge is 0.419 e. The third-order valence-corrected chi connectivity index (χ3v) is 6.46. The quantitative estimate of drug-likeness (QED) is 0.304. The number of thioether (sulfide) groups is 1.